The number of nitrogens with zero attached hydrogens (tertiary/aromatic N) is 3. The molecule has 0 spiro atoms. The van der Waals surface area contributed by atoms with E-state index >= 15 is 0 Å². The molecule has 1 saturated heterocycles. The van der Waals surface area contributed by atoms with Crippen molar-refractivity contribution in [3.8, 4) is 0 Å². The molecule has 1 aliphatic rings. The Kier molecular flexibility index (Phi) is 5.72. The Bertz CT molecular complexity index is 816. The van der Waals surface area contributed by atoms with E-state index in [0.717, 1.165) is 17.2 Å². The highest BCUT2D eigenvalue weighted by molar-refractivity contribution is 8.02. The van der Waals surface area contributed by atoms with Gasteiger partial charge in [0.1, 0.15) is 5.51 Å². The van der Waals surface area contributed by atoms with E-state index in [1.54, 1.807) is 24.6 Å². The fraction of sp³-hybridized carbons (Fsp3) is 0.400. The molecule has 1 atom stereocenters. The van der Waals surface area contributed by atoms with Gasteiger partial charge in [-0.2, -0.15) is 4.31 Å². The van der Waals surface area contributed by atoms with Gasteiger partial charge in [0.25, 0.3) is 0 Å². The maximum Gasteiger partial charge on any atom is 0.243 e. The van der Waals surface area contributed by atoms with E-state index in [1.165, 1.54) is 39.5 Å². The second-order valence-electron chi connectivity index (χ2n) is 5.59. The first-order valence-electron chi connectivity index (χ1n) is 7.81. The largest absolute Gasteiger partial charge is 0.325 e. The third-order valence-corrected chi connectivity index (χ3v) is 7.64. The molecule has 25 heavy (non-hydrogen) atoms. The Labute approximate surface area is 154 Å². The first-order valence-corrected chi connectivity index (χ1v) is 11.0. The lowest BCUT2D eigenvalue weighted by molar-refractivity contribution is -0.115. The van der Waals surface area contributed by atoms with E-state index in [0.29, 0.717) is 18.8 Å². The number of hydrogen-bond donors (Lipinski definition) is 1. The number of amides is 1. The van der Waals surface area contributed by atoms with Gasteiger partial charge in [0.15, 0.2) is 4.34 Å². The second-order valence-corrected chi connectivity index (χ2v) is 9.95. The van der Waals surface area contributed by atoms with Gasteiger partial charge in [-0.15, -0.1) is 10.2 Å². The third kappa shape index (κ3) is 4.38. The molecule has 1 amide bonds. The maximum absolute atomic E-state index is 12.5. The standard InChI is InChI=1S/C15H18N4O3S3/c1-11(24-15-18-16-10-23-15)14(20)17-12-4-6-13(7-5-12)25(21,22)19-8-2-3-9-19/h4-7,10-11H,2-3,8-9H2,1H3,(H,17,20)/t11-/m0/s1. The highest BCUT2D eigenvalue weighted by Gasteiger charge is 2.27. The topological polar surface area (TPSA) is 92.3 Å². The van der Waals surface area contributed by atoms with Crippen molar-refractivity contribution in [1.82, 2.24) is 14.5 Å². The van der Waals surface area contributed by atoms with Crippen LogP contribution in [0.3, 0.4) is 0 Å². The lowest BCUT2D eigenvalue weighted by atomic mass is 10.3. The van der Waals surface area contributed by atoms with Gasteiger partial charge < -0.3 is 5.32 Å². The normalized spacial score (nSPS) is 16.7. The maximum atomic E-state index is 12.5. The van der Waals surface area contributed by atoms with Crippen molar-refractivity contribution in [2.24, 2.45) is 0 Å². The summed E-state index contributed by atoms with van der Waals surface area (Å²) in [5.41, 5.74) is 2.18. The number of sulfonamides is 1. The molecule has 0 radical (unpaired) electrons. The van der Waals surface area contributed by atoms with Crippen LogP contribution in [0.5, 0.6) is 0 Å². The van der Waals surface area contributed by atoms with Gasteiger partial charge in [0.2, 0.25) is 15.9 Å². The molecule has 1 fully saturated rings. The number of carbonyl (C=O) groups excluding carboxylic acids is 1. The van der Waals surface area contributed by atoms with Gasteiger partial charge in [-0.05, 0) is 44.0 Å². The Morgan fingerprint density at radius 2 is 1.96 bits per heavy atom. The molecule has 7 nitrogen and oxygen atoms in total. The van der Waals surface area contributed by atoms with E-state index < -0.39 is 10.0 Å². The minimum Gasteiger partial charge on any atom is -0.325 e. The van der Waals surface area contributed by atoms with Gasteiger partial charge in [0, 0.05) is 18.8 Å². The second kappa shape index (κ2) is 7.81. The molecule has 1 aliphatic heterocycles. The summed E-state index contributed by atoms with van der Waals surface area (Å²) >= 11 is 2.71. The van der Waals surface area contributed by atoms with Crippen LogP contribution < -0.4 is 5.32 Å². The molecular formula is C15H18N4O3S3. The van der Waals surface area contributed by atoms with Crippen LogP contribution in [0.15, 0.2) is 39.0 Å². The van der Waals surface area contributed by atoms with Gasteiger partial charge >= 0.3 is 0 Å². The molecule has 134 valence electrons. The molecule has 1 aromatic carbocycles. The first-order chi connectivity index (χ1) is 12.0. The summed E-state index contributed by atoms with van der Waals surface area (Å²) in [5, 5.41) is 10.1. The zero-order valence-corrected chi connectivity index (χ0v) is 16.0. The molecule has 0 aliphatic carbocycles. The summed E-state index contributed by atoms with van der Waals surface area (Å²) in [7, 11) is -3.43. The lowest BCUT2D eigenvalue weighted by Gasteiger charge is -2.16. The van der Waals surface area contributed by atoms with Gasteiger partial charge in [-0.25, -0.2) is 8.42 Å². The number of rotatable bonds is 6. The van der Waals surface area contributed by atoms with E-state index in [-0.39, 0.29) is 16.1 Å². The third-order valence-electron chi connectivity index (χ3n) is 3.81. The average molecular weight is 399 g/mol. The van der Waals surface area contributed by atoms with E-state index in [4.69, 9.17) is 0 Å². The predicted molar refractivity (Wildman–Crippen MR) is 98.3 cm³/mol. The minimum atomic E-state index is -3.43. The Balaban J connectivity index is 1.63. The van der Waals surface area contributed by atoms with Gasteiger partial charge in [0.05, 0.1) is 10.1 Å². The van der Waals surface area contributed by atoms with Crippen molar-refractivity contribution in [3.63, 3.8) is 0 Å². The molecule has 10 heteroatoms. The fourth-order valence-corrected chi connectivity index (χ4v) is 5.59. The molecular weight excluding hydrogens is 380 g/mol. The van der Waals surface area contributed by atoms with Crippen LogP contribution in [0.1, 0.15) is 19.8 Å². The minimum absolute atomic E-state index is 0.171. The average Bonchev–Trinajstić information content (AvgIpc) is 3.29. The monoisotopic (exact) mass is 398 g/mol. The highest BCUT2D eigenvalue weighted by Crippen LogP contribution is 2.26. The summed E-state index contributed by atoms with van der Waals surface area (Å²) in [4.78, 5) is 12.5. The van der Waals surface area contributed by atoms with Gasteiger partial charge in [-0.3, -0.25) is 4.79 Å². The number of hydrogen-bond acceptors (Lipinski definition) is 7. The molecule has 0 saturated carbocycles. The molecule has 3 rings (SSSR count). The fourth-order valence-electron chi connectivity index (χ4n) is 2.45. The van der Waals surface area contributed by atoms with Crippen LogP contribution in [0, 0.1) is 0 Å². The Hall–Kier alpha value is -1.49. The quantitative estimate of drug-likeness (QED) is 0.752. The summed E-state index contributed by atoms with van der Waals surface area (Å²) in [6.45, 7) is 2.93. The highest BCUT2D eigenvalue weighted by atomic mass is 32.2. The summed E-state index contributed by atoms with van der Waals surface area (Å²) in [5.74, 6) is -0.171. The number of aromatic nitrogens is 2. The van der Waals surface area contributed by atoms with Crippen LogP contribution in [0.25, 0.3) is 0 Å². The zero-order valence-electron chi connectivity index (χ0n) is 13.6. The van der Waals surface area contributed by atoms with E-state index in [1.807, 2.05) is 0 Å². The Morgan fingerprint density at radius 1 is 1.28 bits per heavy atom. The molecule has 2 aromatic rings. The van der Waals surface area contributed by atoms with Crippen molar-refractivity contribution < 1.29 is 13.2 Å². The molecule has 2 heterocycles. The predicted octanol–water partition coefficient (Wildman–Crippen LogP) is 2.44. The van der Waals surface area contributed by atoms with Crippen molar-refractivity contribution in [3.05, 3.63) is 29.8 Å². The van der Waals surface area contributed by atoms with Crippen LogP contribution in [-0.4, -0.2) is 47.2 Å². The van der Waals surface area contributed by atoms with Crippen LogP contribution in [0.2, 0.25) is 0 Å². The SMILES string of the molecule is C[C@H](Sc1nncs1)C(=O)Nc1ccc(S(=O)(=O)N2CCCC2)cc1. The first kappa shape index (κ1) is 18.3. The number of carbonyl (C=O) groups is 1. The van der Waals surface area contributed by atoms with Gasteiger partial charge in [-0.1, -0.05) is 23.1 Å². The van der Waals surface area contributed by atoms with E-state index in [9.17, 15) is 13.2 Å². The zero-order chi connectivity index (χ0) is 17.9. The van der Waals surface area contributed by atoms with Crippen LogP contribution >= 0.6 is 23.1 Å². The number of thioether (sulfide) groups is 1. The number of anilines is 1. The van der Waals surface area contributed by atoms with Crippen molar-refractivity contribution >= 4 is 44.7 Å². The molecule has 1 N–H and O–H groups in total. The summed E-state index contributed by atoms with van der Waals surface area (Å²) < 4.78 is 27.2. The molecule has 1 aromatic heterocycles. The van der Waals surface area contributed by atoms with Crippen molar-refractivity contribution in [1.29, 1.82) is 0 Å². The number of nitrogens with one attached hydrogen (secondary N) is 1. The molecule has 0 unspecified atom stereocenters. The van der Waals surface area contributed by atoms with Crippen molar-refractivity contribution in [2.45, 2.75) is 34.3 Å². The summed E-state index contributed by atoms with van der Waals surface area (Å²) in [6.07, 6.45) is 1.80. The number of benzene rings is 1. The smallest absolute Gasteiger partial charge is 0.243 e. The van der Waals surface area contributed by atoms with Crippen LogP contribution in [-0.2, 0) is 14.8 Å². The molecule has 0 bridgehead atoms. The van der Waals surface area contributed by atoms with E-state index in [2.05, 4.69) is 15.5 Å². The van der Waals surface area contributed by atoms with Crippen molar-refractivity contribution in [2.75, 3.05) is 18.4 Å². The van der Waals surface area contributed by atoms with Crippen LogP contribution in [0.4, 0.5) is 5.69 Å². The summed E-state index contributed by atoms with van der Waals surface area (Å²) in [6, 6.07) is 6.30. The lowest BCUT2D eigenvalue weighted by Crippen LogP contribution is -2.27. The Morgan fingerprint density at radius 3 is 2.56 bits per heavy atom.